The van der Waals surface area contributed by atoms with Crippen molar-refractivity contribution in [2.75, 3.05) is 7.05 Å². The number of furan rings is 1. The molecule has 5 nitrogen and oxygen atoms in total. The third-order valence-electron chi connectivity index (χ3n) is 4.27. The highest BCUT2D eigenvalue weighted by molar-refractivity contribution is 7.89. The Labute approximate surface area is 121 Å². The van der Waals surface area contributed by atoms with Crippen LogP contribution < -0.4 is 10.0 Å². The second-order valence-electron chi connectivity index (χ2n) is 5.75. The number of hydrogen-bond acceptors (Lipinski definition) is 4. The Morgan fingerprint density at radius 3 is 2.75 bits per heavy atom. The Kier molecular flexibility index (Phi) is 4.88. The summed E-state index contributed by atoms with van der Waals surface area (Å²) in [6, 6.07) is 3.21. The molecule has 1 aliphatic rings. The van der Waals surface area contributed by atoms with Gasteiger partial charge in [-0.25, -0.2) is 13.1 Å². The van der Waals surface area contributed by atoms with Crippen LogP contribution in [0.3, 0.4) is 0 Å². The van der Waals surface area contributed by atoms with Crippen molar-refractivity contribution in [1.82, 2.24) is 10.0 Å². The SMILES string of the molecule is CNCc1ccc(S(=O)(=O)NC2CCCC(C)C2C)o1. The van der Waals surface area contributed by atoms with Gasteiger partial charge in [0.05, 0.1) is 6.54 Å². The van der Waals surface area contributed by atoms with Crippen molar-refractivity contribution in [1.29, 1.82) is 0 Å². The lowest BCUT2D eigenvalue weighted by atomic mass is 9.78. The van der Waals surface area contributed by atoms with Crippen molar-refractivity contribution in [2.45, 2.75) is 50.8 Å². The summed E-state index contributed by atoms with van der Waals surface area (Å²) in [6.07, 6.45) is 3.14. The molecular weight excluding hydrogens is 276 g/mol. The second-order valence-corrected chi connectivity index (χ2v) is 7.39. The van der Waals surface area contributed by atoms with E-state index >= 15 is 0 Å². The highest BCUT2D eigenvalue weighted by Crippen LogP contribution is 2.30. The largest absolute Gasteiger partial charge is 0.447 e. The summed E-state index contributed by atoms with van der Waals surface area (Å²) < 4.78 is 32.9. The number of rotatable bonds is 5. The molecule has 1 aromatic rings. The zero-order valence-electron chi connectivity index (χ0n) is 12.3. The Hall–Kier alpha value is -0.850. The molecule has 114 valence electrons. The van der Waals surface area contributed by atoms with Gasteiger partial charge in [-0.2, -0.15) is 0 Å². The molecule has 0 amide bonds. The van der Waals surface area contributed by atoms with Gasteiger partial charge in [0, 0.05) is 6.04 Å². The van der Waals surface area contributed by atoms with Gasteiger partial charge in [0.1, 0.15) is 5.76 Å². The summed E-state index contributed by atoms with van der Waals surface area (Å²) in [5.74, 6) is 1.52. The Morgan fingerprint density at radius 1 is 1.30 bits per heavy atom. The van der Waals surface area contributed by atoms with Crippen LogP contribution in [0.4, 0.5) is 0 Å². The van der Waals surface area contributed by atoms with E-state index in [-0.39, 0.29) is 11.1 Å². The minimum absolute atomic E-state index is 0.00148. The van der Waals surface area contributed by atoms with Crippen molar-refractivity contribution < 1.29 is 12.8 Å². The molecule has 0 aliphatic heterocycles. The van der Waals surface area contributed by atoms with Gasteiger partial charge < -0.3 is 9.73 Å². The van der Waals surface area contributed by atoms with Crippen molar-refractivity contribution in [3.05, 3.63) is 17.9 Å². The van der Waals surface area contributed by atoms with E-state index in [0.29, 0.717) is 24.1 Å². The topological polar surface area (TPSA) is 71.3 Å². The molecule has 0 spiro atoms. The third kappa shape index (κ3) is 3.42. The lowest BCUT2D eigenvalue weighted by Gasteiger charge is -2.34. The van der Waals surface area contributed by atoms with Gasteiger partial charge in [-0.3, -0.25) is 0 Å². The summed E-state index contributed by atoms with van der Waals surface area (Å²) in [4.78, 5) is 0. The second kappa shape index (κ2) is 6.28. The van der Waals surface area contributed by atoms with E-state index in [9.17, 15) is 8.42 Å². The van der Waals surface area contributed by atoms with E-state index in [4.69, 9.17) is 4.42 Å². The van der Waals surface area contributed by atoms with Crippen molar-refractivity contribution in [3.63, 3.8) is 0 Å². The van der Waals surface area contributed by atoms with Gasteiger partial charge in [-0.15, -0.1) is 0 Å². The van der Waals surface area contributed by atoms with E-state index in [1.54, 1.807) is 13.1 Å². The average Bonchev–Trinajstić information content (AvgIpc) is 2.85. The van der Waals surface area contributed by atoms with Crippen LogP contribution >= 0.6 is 0 Å². The molecule has 2 N–H and O–H groups in total. The van der Waals surface area contributed by atoms with Crippen molar-refractivity contribution >= 4 is 10.0 Å². The quantitative estimate of drug-likeness (QED) is 0.873. The maximum absolute atomic E-state index is 12.3. The zero-order valence-corrected chi connectivity index (χ0v) is 13.2. The first-order valence-corrected chi connectivity index (χ1v) is 8.68. The lowest BCUT2D eigenvalue weighted by Crippen LogP contribution is -2.43. The van der Waals surface area contributed by atoms with E-state index in [1.165, 1.54) is 12.5 Å². The third-order valence-corrected chi connectivity index (χ3v) is 5.63. The van der Waals surface area contributed by atoms with Crippen molar-refractivity contribution in [2.24, 2.45) is 11.8 Å². The molecule has 1 fully saturated rings. The smallest absolute Gasteiger partial charge is 0.274 e. The molecule has 0 aromatic carbocycles. The molecule has 0 saturated heterocycles. The van der Waals surface area contributed by atoms with E-state index in [0.717, 1.165) is 12.8 Å². The monoisotopic (exact) mass is 300 g/mol. The van der Waals surface area contributed by atoms with Gasteiger partial charge in [-0.05, 0) is 37.4 Å². The highest BCUT2D eigenvalue weighted by Gasteiger charge is 2.31. The summed E-state index contributed by atoms with van der Waals surface area (Å²) in [5, 5.41) is 2.94. The molecule has 1 aromatic heterocycles. The van der Waals surface area contributed by atoms with E-state index in [2.05, 4.69) is 23.9 Å². The normalized spacial score (nSPS) is 27.6. The van der Waals surface area contributed by atoms with Gasteiger partial charge >= 0.3 is 0 Å². The standard InChI is InChI=1S/C14H24N2O3S/c1-10-5-4-6-13(11(10)2)16-20(17,18)14-8-7-12(19-14)9-15-3/h7-8,10-11,13,15-16H,4-6,9H2,1-3H3. The predicted molar refractivity (Wildman–Crippen MR) is 77.8 cm³/mol. The fraction of sp³-hybridized carbons (Fsp3) is 0.714. The van der Waals surface area contributed by atoms with Gasteiger partial charge in [0.15, 0.2) is 0 Å². The van der Waals surface area contributed by atoms with Gasteiger partial charge in [0.2, 0.25) is 5.09 Å². The van der Waals surface area contributed by atoms with Crippen molar-refractivity contribution in [3.8, 4) is 0 Å². The number of hydrogen-bond donors (Lipinski definition) is 2. The predicted octanol–water partition coefficient (Wildman–Crippen LogP) is 2.10. The number of nitrogens with one attached hydrogen (secondary N) is 2. The molecule has 0 bridgehead atoms. The fourth-order valence-corrected chi connectivity index (χ4v) is 4.09. The van der Waals surface area contributed by atoms with E-state index < -0.39 is 10.0 Å². The highest BCUT2D eigenvalue weighted by atomic mass is 32.2. The first kappa shape index (κ1) is 15.5. The van der Waals surface area contributed by atoms with Crippen LogP contribution in [0.25, 0.3) is 0 Å². The zero-order chi connectivity index (χ0) is 14.8. The Morgan fingerprint density at radius 2 is 2.05 bits per heavy atom. The van der Waals surface area contributed by atoms with Crippen LogP contribution in [0.2, 0.25) is 0 Å². The average molecular weight is 300 g/mol. The van der Waals surface area contributed by atoms with Gasteiger partial charge in [0.25, 0.3) is 10.0 Å². The minimum Gasteiger partial charge on any atom is -0.447 e. The first-order chi connectivity index (χ1) is 9.44. The fourth-order valence-electron chi connectivity index (χ4n) is 2.78. The van der Waals surface area contributed by atoms with Crippen LogP contribution in [0, 0.1) is 11.8 Å². The summed E-state index contributed by atoms with van der Waals surface area (Å²) >= 11 is 0. The maximum atomic E-state index is 12.3. The Bertz CT molecular complexity index is 538. The maximum Gasteiger partial charge on any atom is 0.274 e. The van der Waals surface area contributed by atoms with Gasteiger partial charge in [-0.1, -0.05) is 26.7 Å². The first-order valence-electron chi connectivity index (χ1n) is 7.19. The van der Waals surface area contributed by atoms with Crippen LogP contribution in [0.15, 0.2) is 21.6 Å². The number of sulfonamides is 1. The molecule has 1 heterocycles. The van der Waals surface area contributed by atoms with Crippen LogP contribution in [0.1, 0.15) is 38.9 Å². The molecule has 1 saturated carbocycles. The van der Waals surface area contributed by atoms with Crippen LogP contribution in [-0.4, -0.2) is 21.5 Å². The molecule has 3 atom stereocenters. The van der Waals surface area contributed by atoms with Crippen LogP contribution in [-0.2, 0) is 16.6 Å². The summed E-state index contributed by atoms with van der Waals surface area (Å²) in [5.41, 5.74) is 0. The summed E-state index contributed by atoms with van der Waals surface area (Å²) in [7, 11) is -1.77. The molecule has 3 unspecified atom stereocenters. The van der Waals surface area contributed by atoms with Crippen LogP contribution in [0.5, 0.6) is 0 Å². The minimum atomic E-state index is -3.56. The summed E-state index contributed by atoms with van der Waals surface area (Å²) in [6.45, 7) is 4.82. The molecule has 20 heavy (non-hydrogen) atoms. The lowest BCUT2D eigenvalue weighted by molar-refractivity contribution is 0.226. The van der Waals surface area contributed by atoms with E-state index in [1.807, 2.05) is 0 Å². The molecular formula is C14H24N2O3S. The molecule has 6 heteroatoms. The Balaban J connectivity index is 2.09. The molecule has 2 rings (SSSR count). The molecule has 1 aliphatic carbocycles. The molecule has 0 radical (unpaired) electrons.